The minimum absolute atomic E-state index is 0.433. The van der Waals surface area contributed by atoms with Gasteiger partial charge in [0.05, 0.1) is 5.69 Å². The van der Waals surface area contributed by atoms with E-state index in [1.807, 2.05) is 4.68 Å². The van der Waals surface area contributed by atoms with Crippen LogP contribution in [0.25, 0.3) is 0 Å². The Labute approximate surface area is 79.1 Å². The minimum atomic E-state index is 0.433. The van der Waals surface area contributed by atoms with E-state index in [-0.39, 0.29) is 0 Å². The van der Waals surface area contributed by atoms with E-state index in [4.69, 9.17) is 0 Å². The highest BCUT2D eigenvalue weighted by Gasteiger charge is 2.20. The highest BCUT2D eigenvalue weighted by Crippen LogP contribution is 2.32. The van der Waals surface area contributed by atoms with Gasteiger partial charge >= 0.3 is 0 Å². The van der Waals surface area contributed by atoms with Gasteiger partial charge in [0, 0.05) is 18.2 Å². The molecule has 2 rings (SSSR count). The lowest BCUT2D eigenvalue weighted by Crippen LogP contribution is -2.00. The monoisotopic (exact) mass is 179 g/mol. The van der Waals surface area contributed by atoms with Gasteiger partial charge in [0.2, 0.25) is 0 Å². The summed E-state index contributed by atoms with van der Waals surface area (Å²) in [7, 11) is 0. The maximum absolute atomic E-state index is 4.23. The van der Waals surface area contributed by atoms with Gasteiger partial charge in [-0.25, -0.2) is 4.68 Å². The maximum Gasteiger partial charge on any atom is 0.0858 e. The first-order valence-corrected chi connectivity index (χ1v) is 5.19. The van der Waals surface area contributed by atoms with Gasteiger partial charge in [0.25, 0.3) is 0 Å². The van der Waals surface area contributed by atoms with Crippen molar-refractivity contribution < 1.29 is 0 Å². The number of hydrogen-bond acceptors (Lipinski definition) is 2. The highest BCUT2D eigenvalue weighted by molar-refractivity contribution is 5.04. The van der Waals surface area contributed by atoms with Crippen molar-refractivity contribution in [3.05, 3.63) is 11.9 Å². The first-order valence-electron chi connectivity index (χ1n) is 5.19. The van der Waals surface area contributed by atoms with Crippen LogP contribution < -0.4 is 0 Å². The fourth-order valence-corrected chi connectivity index (χ4v) is 1.95. The molecule has 3 nitrogen and oxygen atoms in total. The fraction of sp³-hybridized carbons (Fsp3) is 0.800. The highest BCUT2D eigenvalue weighted by atomic mass is 15.4. The Hall–Kier alpha value is -0.860. The molecule has 1 heterocycles. The largest absolute Gasteiger partial charge is 0.250 e. The van der Waals surface area contributed by atoms with Crippen LogP contribution in [-0.2, 0) is 0 Å². The van der Waals surface area contributed by atoms with Gasteiger partial charge in [0.15, 0.2) is 0 Å². The standard InChI is InChI=1S/C10H17N3/c1-8(2)13-7-10(11-12-13)9-5-3-4-6-9/h7-9H,3-6H2,1-2H3. The van der Waals surface area contributed by atoms with E-state index >= 15 is 0 Å². The van der Waals surface area contributed by atoms with E-state index in [0.29, 0.717) is 12.0 Å². The van der Waals surface area contributed by atoms with Gasteiger partial charge in [0.1, 0.15) is 0 Å². The van der Waals surface area contributed by atoms with Crippen LogP contribution in [0.15, 0.2) is 6.20 Å². The number of aromatic nitrogens is 3. The average molecular weight is 179 g/mol. The Morgan fingerprint density at radius 3 is 2.62 bits per heavy atom. The van der Waals surface area contributed by atoms with Crippen LogP contribution in [0.4, 0.5) is 0 Å². The van der Waals surface area contributed by atoms with Gasteiger partial charge in [-0.15, -0.1) is 5.10 Å². The SMILES string of the molecule is CC(C)n1cc(C2CCCC2)nn1. The van der Waals surface area contributed by atoms with Crippen molar-refractivity contribution in [2.75, 3.05) is 0 Å². The Kier molecular flexibility index (Phi) is 2.34. The molecule has 0 N–H and O–H groups in total. The molecule has 0 spiro atoms. The molecule has 0 radical (unpaired) electrons. The van der Waals surface area contributed by atoms with Gasteiger partial charge in [-0.1, -0.05) is 18.1 Å². The van der Waals surface area contributed by atoms with Crippen molar-refractivity contribution in [3.63, 3.8) is 0 Å². The van der Waals surface area contributed by atoms with E-state index in [2.05, 4.69) is 30.4 Å². The first kappa shape index (κ1) is 8.73. The Morgan fingerprint density at radius 2 is 2.08 bits per heavy atom. The lowest BCUT2D eigenvalue weighted by molar-refractivity contribution is 0.514. The zero-order chi connectivity index (χ0) is 9.26. The van der Waals surface area contributed by atoms with Crippen molar-refractivity contribution in [2.24, 2.45) is 0 Å². The van der Waals surface area contributed by atoms with Crippen LogP contribution in [0.1, 0.15) is 57.2 Å². The summed E-state index contributed by atoms with van der Waals surface area (Å²) in [4.78, 5) is 0. The molecule has 0 aromatic carbocycles. The first-order chi connectivity index (χ1) is 6.27. The second-order valence-corrected chi connectivity index (χ2v) is 4.20. The molecule has 0 amide bonds. The Balaban J connectivity index is 2.12. The maximum atomic E-state index is 4.23. The summed E-state index contributed by atoms with van der Waals surface area (Å²) in [5.74, 6) is 0.687. The molecule has 1 aliphatic carbocycles. The predicted molar refractivity (Wildman–Crippen MR) is 51.6 cm³/mol. The summed E-state index contributed by atoms with van der Waals surface area (Å²) in [6.07, 6.45) is 7.44. The molecule has 3 heteroatoms. The average Bonchev–Trinajstić information content (AvgIpc) is 2.75. The zero-order valence-corrected chi connectivity index (χ0v) is 8.40. The molecular weight excluding hydrogens is 162 g/mol. The third-order valence-electron chi connectivity index (χ3n) is 2.83. The second-order valence-electron chi connectivity index (χ2n) is 4.20. The Bertz CT molecular complexity index is 271. The zero-order valence-electron chi connectivity index (χ0n) is 8.40. The van der Waals surface area contributed by atoms with Crippen molar-refractivity contribution in [3.8, 4) is 0 Å². The summed E-state index contributed by atoms with van der Waals surface area (Å²) in [6.45, 7) is 4.26. The van der Waals surface area contributed by atoms with Crippen LogP contribution in [-0.4, -0.2) is 15.0 Å². The molecule has 1 saturated carbocycles. The van der Waals surface area contributed by atoms with E-state index in [1.54, 1.807) is 0 Å². The van der Waals surface area contributed by atoms with Crippen LogP contribution >= 0.6 is 0 Å². The summed E-state index contributed by atoms with van der Waals surface area (Å²) in [5, 5.41) is 8.36. The van der Waals surface area contributed by atoms with E-state index < -0.39 is 0 Å². The van der Waals surface area contributed by atoms with E-state index in [1.165, 1.54) is 31.4 Å². The molecule has 0 saturated heterocycles. The van der Waals surface area contributed by atoms with Crippen LogP contribution in [0.5, 0.6) is 0 Å². The van der Waals surface area contributed by atoms with Crippen molar-refractivity contribution >= 4 is 0 Å². The summed E-state index contributed by atoms with van der Waals surface area (Å²) in [6, 6.07) is 0.433. The van der Waals surface area contributed by atoms with Gasteiger partial charge in [-0.05, 0) is 26.7 Å². The van der Waals surface area contributed by atoms with Crippen molar-refractivity contribution in [1.29, 1.82) is 0 Å². The number of nitrogens with zero attached hydrogens (tertiary/aromatic N) is 3. The normalized spacial score (nSPS) is 18.7. The molecule has 1 aliphatic rings. The molecule has 0 unspecified atom stereocenters. The summed E-state index contributed by atoms with van der Waals surface area (Å²) >= 11 is 0. The topological polar surface area (TPSA) is 30.7 Å². The minimum Gasteiger partial charge on any atom is -0.250 e. The molecule has 1 fully saturated rings. The molecule has 1 aromatic rings. The van der Waals surface area contributed by atoms with Crippen LogP contribution in [0.3, 0.4) is 0 Å². The lowest BCUT2D eigenvalue weighted by atomic mass is 10.1. The lowest BCUT2D eigenvalue weighted by Gasteiger charge is -2.03. The van der Waals surface area contributed by atoms with E-state index in [0.717, 1.165) is 0 Å². The molecule has 72 valence electrons. The van der Waals surface area contributed by atoms with Crippen LogP contribution in [0.2, 0.25) is 0 Å². The molecular formula is C10H17N3. The van der Waals surface area contributed by atoms with Crippen LogP contribution in [0, 0.1) is 0 Å². The smallest absolute Gasteiger partial charge is 0.0858 e. The third kappa shape index (κ3) is 1.74. The van der Waals surface area contributed by atoms with Crippen molar-refractivity contribution in [2.45, 2.75) is 51.5 Å². The van der Waals surface area contributed by atoms with E-state index in [9.17, 15) is 0 Å². The summed E-state index contributed by atoms with van der Waals surface area (Å²) < 4.78 is 1.95. The van der Waals surface area contributed by atoms with Gasteiger partial charge in [-0.2, -0.15) is 0 Å². The molecule has 0 aliphatic heterocycles. The Morgan fingerprint density at radius 1 is 1.38 bits per heavy atom. The molecule has 0 bridgehead atoms. The molecule has 1 aromatic heterocycles. The predicted octanol–water partition coefficient (Wildman–Crippen LogP) is 2.52. The fourth-order valence-electron chi connectivity index (χ4n) is 1.95. The quantitative estimate of drug-likeness (QED) is 0.698. The number of hydrogen-bond donors (Lipinski definition) is 0. The third-order valence-corrected chi connectivity index (χ3v) is 2.83. The van der Waals surface area contributed by atoms with Gasteiger partial charge < -0.3 is 0 Å². The summed E-state index contributed by atoms with van der Waals surface area (Å²) in [5.41, 5.74) is 1.20. The molecule has 0 atom stereocenters. The second kappa shape index (κ2) is 3.48. The van der Waals surface area contributed by atoms with Crippen molar-refractivity contribution in [1.82, 2.24) is 15.0 Å². The van der Waals surface area contributed by atoms with Gasteiger partial charge in [-0.3, -0.25) is 0 Å². The number of rotatable bonds is 2. The molecule has 13 heavy (non-hydrogen) atoms.